The maximum atomic E-state index is 11.0. The van der Waals surface area contributed by atoms with Crippen molar-refractivity contribution in [1.82, 2.24) is 5.01 Å². The van der Waals surface area contributed by atoms with Gasteiger partial charge in [-0.2, -0.15) is 5.10 Å². The summed E-state index contributed by atoms with van der Waals surface area (Å²) in [7, 11) is 1.67. The van der Waals surface area contributed by atoms with Gasteiger partial charge in [0.1, 0.15) is 6.54 Å². The van der Waals surface area contributed by atoms with Crippen molar-refractivity contribution in [3.63, 3.8) is 0 Å². The SMILES string of the molecule is C=NN(C)CC(=O)OCC(C)C. The van der Waals surface area contributed by atoms with Crippen LogP contribution >= 0.6 is 0 Å². The van der Waals surface area contributed by atoms with Crippen molar-refractivity contribution in [2.24, 2.45) is 11.0 Å². The fraction of sp³-hybridized carbons (Fsp3) is 0.750. The van der Waals surface area contributed by atoms with Gasteiger partial charge in [-0.15, -0.1) is 0 Å². The summed E-state index contributed by atoms with van der Waals surface area (Å²) in [6.07, 6.45) is 0. The predicted octanol–water partition coefficient (Wildman–Crippen LogP) is 0.733. The summed E-state index contributed by atoms with van der Waals surface area (Å²) in [6.45, 7) is 7.88. The van der Waals surface area contributed by atoms with E-state index in [2.05, 4.69) is 11.8 Å². The molecule has 4 heteroatoms. The number of likely N-dealkylation sites (N-methyl/N-ethyl adjacent to an activating group) is 1. The van der Waals surface area contributed by atoms with Crippen molar-refractivity contribution >= 4 is 12.7 Å². The van der Waals surface area contributed by atoms with E-state index in [9.17, 15) is 4.79 Å². The first-order valence-electron chi connectivity index (χ1n) is 3.89. The number of ether oxygens (including phenoxy) is 1. The third-order valence-electron chi connectivity index (χ3n) is 1.18. The largest absolute Gasteiger partial charge is 0.464 e. The molecule has 0 amide bonds. The molecule has 70 valence electrons. The molecule has 0 aliphatic heterocycles. The molecule has 0 saturated heterocycles. The molecule has 12 heavy (non-hydrogen) atoms. The van der Waals surface area contributed by atoms with E-state index >= 15 is 0 Å². The smallest absolute Gasteiger partial charge is 0.327 e. The second-order valence-electron chi connectivity index (χ2n) is 3.03. The minimum absolute atomic E-state index is 0.163. The molecule has 0 spiro atoms. The van der Waals surface area contributed by atoms with Crippen molar-refractivity contribution in [3.8, 4) is 0 Å². The average Bonchev–Trinajstić information content (AvgIpc) is 2.00. The molecule has 0 rings (SSSR count). The van der Waals surface area contributed by atoms with Gasteiger partial charge >= 0.3 is 5.97 Å². The monoisotopic (exact) mass is 172 g/mol. The van der Waals surface area contributed by atoms with Gasteiger partial charge in [0, 0.05) is 13.8 Å². The number of esters is 1. The maximum Gasteiger partial charge on any atom is 0.327 e. The second kappa shape index (κ2) is 5.57. The first kappa shape index (κ1) is 10.9. The number of hydrogen-bond donors (Lipinski definition) is 0. The molecule has 0 bridgehead atoms. The molecule has 4 nitrogen and oxygen atoms in total. The highest BCUT2D eigenvalue weighted by molar-refractivity contribution is 5.71. The van der Waals surface area contributed by atoms with E-state index in [-0.39, 0.29) is 12.5 Å². The first-order chi connectivity index (χ1) is 5.56. The van der Waals surface area contributed by atoms with Crippen LogP contribution in [0.15, 0.2) is 5.10 Å². The molecule has 0 heterocycles. The zero-order chi connectivity index (χ0) is 9.56. The molecule has 0 fully saturated rings. The van der Waals surface area contributed by atoms with Crippen LogP contribution in [0.4, 0.5) is 0 Å². The van der Waals surface area contributed by atoms with Gasteiger partial charge in [0.2, 0.25) is 0 Å². The molecule has 0 N–H and O–H groups in total. The zero-order valence-corrected chi connectivity index (χ0v) is 7.91. The normalized spacial score (nSPS) is 9.67. The minimum Gasteiger partial charge on any atom is -0.464 e. The van der Waals surface area contributed by atoms with E-state index < -0.39 is 0 Å². The number of nitrogens with zero attached hydrogens (tertiary/aromatic N) is 2. The Morgan fingerprint density at radius 2 is 2.25 bits per heavy atom. The molecule has 0 aliphatic carbocycles. The molecule has 0 aliphatic rings. The van der Waals surface area contributed by atoms with Crippen molar-refractivity contribution in [2.75, 3.05) is 20.2 Å². The molecule has 0 atom stereocenters. The van der Waals surface area contributed by atoms with Gasteiger partial charge in [-0.25, -0.2) is 0 Å². The van der Waals surface area contributed by atoms with E-state index in [0.717, 1.165) is 0 Å². The molecule has 0 aromatic heterocycles. The lowest BCUT2D eigenvalue weighted by atomic mass is 10.2. The second-order valence-corrected chi connectivity index (χ2v) is 3.03. The summed E-state index contributed by atoms with van der Waals surface area (Å²) in [5, 5.41) is 4.97. The zero-order valence-electron chi connectivity index (χ0n) is 7.91. The number of hydrazone groups is 1. The van der Waals surface area contributed by atoms with Gasteiger partial charge in [-0.1, -0.05) is 13.8 Å². The lowest BCUT2D eigenvalue weighted by molar-refractivity contribution is -0.145. The Kier molecular flexibility index (Phi) is 5.08. The summed E-state index contributed by atoms with van der Waals surface area (Å²) >= 11 is 0. The van der Waals surface area contributed by atoms with Crippen molar-refractivity contribution in [2.45, 2.75) is 13.8 Å². The Morgan fingerprint density at radius 3 is 2.67 bits per heavy atom. The summed E-state index contributed by atoms with van der Waals surface area (Å²) in [6, 6.07) is 0. The molecule has 0 saturated carbocycles. The average molecular weight is 172 g/mol. The molecular formula is C8H16N2O2. The summed E-state index contributed by atoms with van der Waals surface area (Å²) in [5.41, 5.74) is 0. The molecule has 0 radical (unpaired) electrons. The van der Waals surface area contributed by atoms with E-state index in [1.54, 1.807) is 7.05 Å². The number of hydrogen-bond acceptors (Lipinski definition) is 4. The van der Waals surface area contributed by atoms with Gasteiger partial charge in [0.25, 0.3) is 0 Å². The van der Waals surface area contributed by atoms with E-state index in [1.807, 2.05) is 13.8 Å². The van der Waals surface area contributed by atoms with Crippen LogP contribution in [0, 0.1) is 5.92 Å². The van der Waals surface area contributed by atoms with Gasteiger partial charge in [0.15, 0.2) is 0 Å². The Morgan fingerprint density at radius 1 is 1.67 bits per heavy atom. The fourth-order valence-electron chi connectivity index (χ4n) is 0.542. The highest BCUT2D eigenvalue weighted by Crippen LogP contribution is 1.93. The van der Waals surface area contributed by atoms with Crippen LogP contribution in [-0.4, -0.2) is 37.9 Å². The van der Waals surface area contributed by atoms with Crippen molar-refractivity contribution in [1.29, 1.82) is 0 Å². The molecule has 0 unspecified atom stereocenters. The van der Waals surface area contributed by atoms with E-state index in [1.165, 1.54) is 5.01 Å². The lowest BCUT2D eigenvalue weighted by Crippen LogP contribution is -2.23. The van der Waals surface area contributed by atoms with Gasteiger partial charge in [-0.05, 0) is 5.92 Å². The maximum absolute atomic E-state index is 11.0. The van der Waals surface area contributed by atoms with Gasteiger partial charge in [-0.3, -0.25) is 9.80 Å². The highest BCUT2D eigenvalue weighted by atomic mass is 16.5. The van der Waals surface area contributed by atoms with Crippen LogP contribution in [0.25, 0.3) is 0 Å². The minimum atomic E-state index is -0.265. The van der Waals surface area contributed by atoms with Crippen LogP contribution in [0.3, 0.4) is 0 Å². The predicted molar refractivity (Wildman–Crippen MR) is 48.0 cm³/mol. The lowest BCUT2D eigenvalue weighted by Gasteiger charge is -2.11. The fourth-order valence-corrected chi connectivity index (χ4v) is 0.542. The van der Waals surface area contributed by atoms with Crippen molar-refractivity contribution in [3.05, 3.63) is 0 Å². The Labute approximate surface area is 73.2 Å². The van der Waals surface area contributed by atoms with Crippen LogP contribution in [0.1, 0.15) is 13.8 Å². The number of carbonyl (C=O) groups is 1. The van der Waals surface area contributed by atoms with Gasteiger partial charge in [0.05, 0.1) is 6.61 Å². The standard InChI is InChI=1S/C8H16N2O2/c1-7(2)6-12-8(11)5-10(4)9-3/h7H,3,5-6H2,1-2,4H3. The Bertz CT molecular complexity index is 157. The van der Waals surface area contributed by atoms with E-state index in [4.69, 9.17) is 4.74 Å². The van der Waals surface area contributed by atoms with Crippen LogP contribution in [-0.2, 0) is 9.53 Å². The van der Waals surface area contributed by atoms with E-state index in [0.29, 0.717) is 12.5 Å². The third kappa shape index (κ3) is 5.70. The summed E-state index contributed by atoms with van der Waals surface area (Å²) in [5.74, 6) is 0.106. The first-order valence-corrected chi connectivity index (χ1v) is 3.89. The number of rotatable bonds is 5. The van der Waals surface area contributed by atoms with Crippen LogP contribution in [0.2, 0.25) is 0 Å². The van der Waals surface area contributed by atoms with Gasteiger partial charge < -0.3 is 4.74 Å². The quantitative estimate of drug-likeness (QED) is 0.349. The van der Waals surface area contributed by atoms with Crippen LogP contribution < -0.4 is 0 Å². The Balaban J connectivity index is 3.53. The van der Waals surface area contributed by atoms with Crippen molar-refractivity contribution < 1.29 is 9.53 Å². The number of carbonyl (C=O) groups excluding carboxylic acids is 1. The topological polar surface area (TPSA) is 41.9 Å². The summed E-state index contributed by atoms with van der Waals surface area (Å²) in [4.78, 5) is 11.0. The summed E-state index contributed by atoms with van der Waals surface area (Å²) < 4.78 is 4.91. The molecule has 0 aromatic carbocycles. The Hall–Kier alpha value is -1.06. The molecule has 0 aromatic rings. The highest BCUT2D eigenvalue weighted by Gasteiger charge is 2.05. The molecular weight excluding hydrogens is 156 g/mol. The third-order valence-corrected chi connectivity index (χ3v) is 1.18. The van der Waals surface area contributed by atoms with Crippen LogP contribution in [0.5, 0.6) is 0 Å².